The van der Waals surface area contributed by atoms with E-state index >= 15 is 0 Å². The first-order valence-corrected chi connectivity index (χ1v) is 12.7. The minimum Gasteiger partial charge on any atom is -0.491 e. The Labute approximate surface area is 199 Å². The molecule has 3 aromatic rings. The van der Waals surface area contributed by atoms with Crippen LogP contribution in [0.3, 0.4) is 0 Å². The van der Waals surface area contributed by atoms with E-state index in [1.807, 2.05) is 38.1 Å². The fourth-order valence-corrected chi connectivity index (χ4v) is 5.19. The van der Waals surface area contributed by atoms with Gasteiger partial charge in [-0.05, 0) is 68.7 Å². The Morgan fingerprint density at radius 3 is 2.35 bits per heavy atom. The molecule has 0 unspecified atom stereocenters. The van der Waals surface area contributed by atoms with Gasteiger partial charge in [0.25, 0.3) is 0 Å². The molecule has 0 atom stereocenters. The first-order chi connectivity index (χ1) is 16.3. The van der Waals surface area contributed by atoms with Crippen LogP contribution in [0.15, 0.2) is 57.8 Å². The molecule has 1 aromatic heterocycles. The molecule has 10 heteroatoms. The van der Waals surface area contributed by atoms with Crippen LogP contribution in [0.5, 0.6) is 5.75 Å². The van der Waals surface area contributed by atoms with E-state index in [0.717, 1.165) is 30.6 Å². The van der Waals surface area contributed by atoms with Gasteiger partial charge in [0.2, 0.25) is 15.9 Å². The molecule has 1 fully saturated rings. The fourth-order valence-electron chi connectivity index (χ4n) is 3.67. The van der Waals surface area contributed by atoms with Gasteiger partial charge in [0.15, 0.2) is 0 Å². The highest BCUT2D eigenvalue weighted by Gasteiger charge is 2.26. The summed E-state index contributed by atoms with van der Waals surface area (Å²) >= 11 is 0. The zero-order chi connectivity index (χ0) is 24.1. The van der Waals surface area contributed by atoms with Gasteiger partial charge in [0.05, 0.1) is 11.0 Å². The van der Waals surface area contributed by atoms with Crippen LogP contribution in [0.4, 0.5) is 0 Å². The van der Waals surface area contributed by atoms with Crippen molar-refractivity contribution in [2.75, 3.05) is 13.1 Å². The summed E-state index contributed by atoms with van der Waals surface area (Å²) in [6.45, 7) is 5.29. The maximum absolute atomic E-state index is 12.8. The molecule has 0 aliphatic carbocycles. The lowest BCUT2D eigenvalue weighted by Gasteiger charge is -2.25. The third-order valence-corrected chi connectivity index (χ3v) is 7.33. The maximum atomic E-state index is 12.8. The molecule has 1 saturated heterocycles. The van der Waals surface area contributed by atoms with Crippen molar-refractivity contribution in [1.82, 2.24) is 19.8 Å². The zero-order valence-electron chi connectivity index (χ0n) is 19.2. The number of hydrogen-bond donors (Lipinski definition) is 1. The molecule has 9 nitrogen and oxygen atoms in total. The summed E-state index contributed by atoms with van der Waals surface area (Å²) in [4.78, 5) is 12.6. The third kappa shape index (κ3) is 5.63. The highest BCUT2D eigenvalue weighted by Crippen LogP contribution is 2.24. The van der Waals surface area contributed by atoms with Gasteiger partial charge in [-0.1, -0.05) is 18.6 Å². The number of carbonyl (C=O) groups is 1. The topological polar surface area (TPSA) is 115 Å². The molecule has 2 aromatic carbocycles. The number of aromatic nitrogens is 2. The van der Waals surface area contributed by atoms with Crippen LogP contribution in [0.25, 0.3) is 11.5 Å². The quantitative estimate of drug-likeness (QED) is 0.519. The van der Waals surface area contributed by atoms with Crippen molar-refractivity contribution in [2.45, 2.75) is 50.7 Å². The van der Waals surface area contributed by atoms with E-state index < -0.39 is 15.9 Å². The molecule has 0 saturated carbocycles. The molecule has 1 amide bonds. The van der Waals surface area contributed by atoms with Crippen LogP contribution >= 0.6 is 0 Å². The van der Waals surface area contributed by atoms with E-state index in [4.69, 9.17) is 9.15 Å². The van der Waals surface area contributed by atoms with Crippen molar-refractivity contribution in [1.29, 1.82) is 0 Å². The van der Waals surface area contributed by atoms with Crippen molar-refractivity contribution in [3.63, 3.8) is 0 Å². The lowest BCUT2D eigenvalue weighted by molar-refractivity contribution is 0.0917. The molecule has 0 radical (unpaired) electrons. The first-order valence-electron chi connectivity index (χ1n) is 11.3. The zero-order valence-corrected chi connectivity index (χ0v) is 20.0. The molecule has 0 bridgehead atoms. The van der Waals surface area contributed by atoms with E-state index in [-0.39, 0.29) is 22.8 Å². The van der Waals surface area contributed by atoms with Crippen LogP contribution < -0.4 is 10.1 Å². The monoisotopic (exact) mass is 484 g/mol. The largest absolute Gasteiger partial charge is 0.491 e. The molecular formula is C24H28N4O5S. The summed E-state index contributed by atoms with van der Waals surface area (Å²) in [5, 5.41) is 10.5. The number of nitrogens with zero attached hydrogens (tertiary/aromatic N) is 3. The second-order valence-corrected chi connectivity index (χ2v) is 10.3. The second kappa shape index (κ2) is 10.4. The van der Waals surface area contributed by atoms with E-state index in [1.165, 1.54) is 16.4 Å². The molecule has 4 rings (SSSR count). The van der Waals surface area contributed by atoms with E-state index in [9.17, 15) is 13.2 Å². The van der Waals surface area contributed by atoms with E-state index in [0.29, 0.717) is 25.2 Å². The van der Waals surface area contributed by atoms with E-state index in [1.54, 1.807) is 12.1 Å². The minimum absolute atomic E-state index is 0.0903. The highest BCUT2D eigenvalue weighted by atomic mass is 32.2. The van der Waals surface area contributed by atoms with Crippen LogP contribution in [0, 0.1) is 0 Å². The van der Waals surface area contributed by atoms with Gasteiger partial charge in [0, 0.05) is 25.2 Å². The van der Waals surface area contributed by atoms with Crippen molar-refractivity contribution in [3.8, 4) is 17.2 Å². The number of carbonyl (C=O) groups excluding carboxylic acids is 1. The third-order valence-electron chi connectivity index (χ3n) is 5.42. The number of ether oxygens (including phenoxy) is 1. The van der Waals surface area contributed by atoms with Crippen molar-refractivity contribution >= 4 is 15.9 Å². The highest BCUT2D eigenvalue weighted by molar-refractivity contribution is 7.89. The molecule has 180 valence electrons. The van der Waals surface area contributed by atoms with Gasteiger partial charge < -0.3 is 14.5 Å². The summed E-state index contributed by atoms with van der Waals surface area (Å²) in [5.41, 5.74) is 1.43. The van der Waals surface area contributed by atoms with Gasteiger partial charge in [0.1, 0.15) is 5.75 Å². The van der Waals surface area contributed by atoms with Crippen molar-refractivity contribution in [3.05, 3.63) is 60.0 Å². The Balaban J connectivity index is 1.37. The van der Waals surface area contributed by atoms with Gasteiger partial charge in [-0.3, -0.25) is 4.79 Å². The van der Waals surface area contributed by atoms with Gasteiger partial charge in [-0.15, -0.1) is 10.2 Å². The van der Waals surface area contributed by atoms with Gasteiger partial charge >= 0.3 is 11.8 Å². The van der Waals surface area contributed by atoms with Crippen LogP contribution in [-0.2, 0) is 16.6 Å². The Kier molecular flexibility index (Phi) is 7.28. The average molecular weight is 485 g/mol. The number of sulfonamides is 1. The Hall–Kier alpha value is -3.24. The number of piperidine rings is 1. The van der Waals surface area contributed by atoms with Crippen LogP contribution in [0.2, 0.25) is 0 Å². The summed E-state index contributed by atoms with van der Waals surface area (Å²) in [6, 6.07) is 13.7. The summed E-state index contributed by atoms with van der Waals surface area (Å²) in [6.07, 6.45) is 2.90. The normalized spacial score (nSPS) is 14.8. The fraction of sp³-hybridized carbons (Fsp3) is 0.375. The number of benzene rings is 2. The standard InChI is InChI=1S/C24H28N4O5S/c1-17(2)32-20-10-6-18(7-11-20)16-25-22(29)24-27-26-23(33-24)19-8-12-21(13-9-19)34(30,31)28-14-4-3-5-15-28/h6-13,17H,3-5,14-16H2,1-2H3,(H,25,29). The summed E-state index contributed by atoms with van der Waals surface area (Å²) < 4.78 is 38.2. The number of rotatable bonds is 8. The summed E-state index contributed by atoms with van der Waals surface area (Å²) in [7, 11) is -3.52. The van der Waals surface area contributed by atoms with Crippen LogP contribution in [0.1, 0.15) is 49.4 Å². The second-order valence-electron chi connectivity index (χ2n) is 8.39. The maximum Gasteiger partial charge on any atom is 0.309 e. The predicted octanol–water partition coefficient (Wildman–Crippen LogP) is 3.63. The molecule has 1 aliphatic heterocycles. The average Bonchev–Trinajstić information content (AvgIpc) is 3.34. The summed E-state index contributed by atoms with van der Waals surface area (Å²) in [5.74, 6) is 0.244. The Morgan fingerprint density at radius 2 is 1.71 bits per heavy atom. The molecule has 1 aliphatic rings. The first kappa shape index (κ1) is 23.9. The molecule has 2 heterocycles. The van der Waals surface area contributed by atoms with Gasteiger partial charge in [-0.2, -0.15) is 4.31 Å². The van der Waals surface area contributed by atoms with E-state index in [2.05, 4.69) is 15.5 Å². The SMILES string of the molecule is CC(C)Oc1ccc(CNC(=O)c2nnc(-c3ccc(S(=O)(=O)N4CCCCC4)cc3)o2)cc1. The minimum atomic E-state index is -3.52. The number of amides is 1. The predicted molar refractivity (Wildman–Crippen MR) is 126 cm³/mol. The number of nitrogens with one attached hydrogen (secondary N) is 1. The molecule has 34 heavy (non-hydrogen) atoms. The Bertz CT molecular complexity index is 1220. The molecule has 0 spiro atoms. The molecular weight excluding hydrogens is 456 g/mol. The van der Waals surface area contributed by atoms with Crippen LogP contribution in [-0.4, -0.2) is 48.0 Å². The van der Waals surface area contributed by atoms with Crippen molar-refractivity contribution in [2.24, 2.45) is 0 Å². The smallest absolute Gasteiger partial charge is 0.309 e. The molecule has 1 N–H and O–H groups in total. The Morgan fingerprint density at radius 1 is 1.03 bits per heavy atom. The van der Waals surface area contributed by atoms with Crippen molar-refractivity contribution < 1.29 is 22.4 Å². The lowest BCUT2D eigenvalue weighted by Crippen LogP contribution is -2.35. The number of hydrogen-bond acceptors (Lipinski definition) is 7. The lowest BCUT2D eigenvalue weighted by atomic mass is 10.2. The van der Waals surface area contributed by atoms with Gasteiger partial charge in [-0.25, -0.2) is 8.42 Å².